The summed E-state index contributed by atoms with van der Waals surface area (Å²) in [5, 5.41) is 0.753. The van der Waals surface area contributed by atoms with Gasteiger partial charge in [-0.3, -0.25) is 0 Å². The lowest BCUT2D eigenvalue weighted by atomic mass is 10.1. The Morgan fingerprint density at radius 2 is 2.04 bits per heavy atom. The molecule has 1 aromatic rings. The van der Waals surface area contributed by atoms with Gasteiger partial charge in [0.1, 0.15) is 11.5 Å². The first kappa shape index (κ1) is 19.5. The van der Waals surface area contributed by atoms with E-state index in [4.69, 9.17) is 21.1 Å². The van der Waals surface area contributed by atoms with E-state index < -0.39 is 0 Å². The first-order valence-electron chi connectivity index (χ1n) is 8.84. The summed E-state index contributed by atoms with van der Waals surface area (Å²) in [6, 6.07) is 3.98. The van der Waals surface area contributed by atoms with Crippen LogP contribution >= 0.6 is 11.6 Å². The van der Waals surface area contributed by atoms with Crippen LogP contribution in [0.15, 0.2) is 36.2 Å². The van der Waals surface area contributed by atoms with E-state index in [0.29, 0.717) is 0 Å². The van der Waals surface area contributed by atoms with Crippen molar-refractivity contribution in [1.82, 2.24) is 4.90 Å². The van der Waals surface area contributed by atoms with Crippen LogP contribution in [-0.2, 0) is 11.3 Å². The maximum atomic E-state index is 6.48. The van der Waals surface area contributed by atoms with Crippen molar-refractivity contribution in [3.05, 3.63) is 46.8 Å². The van der Waals surface area contributed by atoms with Gasteiger partial charge in [-0.1, -0.05) is 31.4 Å². The molecular formula is C20H29ClN2O2. The first-order valence-corrected chi connectivity index (χ1v) is 9.22. The molecule has 0 aliphatic carbocycles. The lowest BCUT2D eigenvalue weighted by molar-refractivity contribution is 0.211. The highest BCUT2D eigenvalue weighted by atomic mass is 35.5. The number of hydrogen-bond acceptors (Lipinski definition) is 4. The van der Waals surface area contributed by atoms with Gasteiger partial charge in [-0.05, 0) is 36.3 Å². The van der Waals surface area contributed by atoms with Gasteiger partial charge in [0.15, 0.2) is 0 Å². The SMILES string of the molecule is CCCCCOC1=CCN(Cc2cc(OC)c(N(C)C)cc2Cl)C=C1. The van der Waals surface area contributed by atoms with Crippen LogP contribution in [0.4, 0.5) is 5.69 Å². The van der Waals surface area contributed by atoms with Crippen LogP contribution < -0.4 is 9.64 Å². The monoisotopic (exact) mass is 364 g/mol. The molecule has 2 rings (SSSR count). The molecule has 4 nitrogen and oxygen atoms in total. The highest BCUT2D eigenvalue weighted by Crippen LogP contribution is 2.33. The molecule has 5 heteroatoms. The number of unbranched alkanes of at least 4 members (excludes halogenated alkanes) is 2. The fourth-order valence-electron chi connectivity index (χ4n) is 2.72. The van der Waals surface area contributed by atoms with Gasteiger partial charge >= 0.3 is 0 Å². The zero-order valence-electron chi connectivity index (χ0n) is 15.7. The third-order valence-electron chi connectivity index (χ3n) is 4.20. The van der Waals surface area contributed by atoms with E-state index in [0.717, 1.165) is 53.9 Å². The molecule has 1 heterocycles. The maximum Gasteiger partial charge on any atom is 0.142 e. The van der Waals surface area contributed by atoms with Crippen LogP contribution in [0.2, 0.25) is 5.02 Å². The minimum atomic E-state index is 0.735. The van der Waals surface area contributed by atoms with Crippen molar-refractivity contribution >= 4 is 17.3 Å². The molecule has 25 heavy (non-hydrogen) atoms. The molecule has 0 bridgehead atoms. The van der Waals surface area contributed by atoms with Crippen LogP contribution in [-0.4, -0.2) is 39.3 Å². The number of rotatable bonds is 9. The molecule has 0 radical (unpaired) electrons. The number of benzene rings is 1. The largest absolute Gasteiger partial charge is 0.495 e. The molecule has 0 fully saturated rings. The molecule has 0 spiro atoms. The quantitative estimate of drug-likeness (QED) is 0.585. The van der Waals surface area contributed by atoms with Gasteiger partial charge < -0.3 is 19.3 Å². The predicted octanol–water partition coefficient (Wildman–Crippen LogP) is 4.83. The number of halogens is 1. The zero-order valence-corrected chi connectivity index (χ0v) is 16.5. The Labute approximate surface area is 156 Å². The summed E-state index contributed by atoms with van der Waals surface area (Å²) in [6.07, 6.45) is 9.74. The third-order valence-corrected chi connectivity index (χ3v) is 4.55. The Kier molecular flexibility index (Phi) is 7.51. The highest BCUT2D eigenvalue weighted by Gasteiger charge is 2.14. The van der Waals surface area contributed by atoms with Crippen LogP contribution in [0.1, 0.15) is 31.7 Å². The Bertz CT molecular complexity index is 626. The number of allylic oxidation sites excluding steroid dienone is 1. The summed E-state index contributed by atoms with van der Waals surface area (Å²) in [5.41, 5.74) is 2.03. The van der Waals surface area contributed by atoms with Gasteiger partial charge in [-0.2, -0.15) is 0 Å². The first-order chi connectivity index (χ1) is 12.0. The smallest absolute Gasteiger partial charge is 0.142 e. The number of methoxy groups -OCH3 is 1. The van der Waals surface area contributed by atoms with Gasteiger partial charge in [-0.25, -0.2) is 0 Å². The molecule has 0 aromatic heterocycles. The van der Waals surface area contributed by atoms with Gasteiger partial charge in [0.05, 0.1) is 19.4 Å². The van der Waals surface area contributed by atoms with Crippen LogP contribution in [0, 0.1) is 0 Å². The van der Waals surface area contributed by atoms with E-state index in [1.54, 1.807) is 7.11 Å². The van der Waals surface area contributed by atoms with Crippen LogP contribution in [0.25, 0.3) is 0 Å². The Morgan fingerprint density at radius 3 is 2.64 bits per heavy atom. The molecule has 1 aliphatic heterocycles. The van der Waals surface area contributed by atoms with E-state index in [-0.39, 0.29) is 0 Å². The van der Waals surface area contributed by atoms with E-state index in [1.165, 1.54) is 12.8 Å². The van der Waals surface area contributed by atoms with E-state index in [2.05, 4.69) is 24.1 Å². The van der Waals surface area contributed by atoms with Crippen molar-refractivity contribution in [3.63, 3.8) is 0 Å². The van der Waals surface area contributed by atoms with Crippen molar-refractivity contribution in [3.8, 4) is 5.75 Å². The molecule has 138 valence electrons. The van der Waals surface area contributed by atoms with Gasteiger partial charge in [0.25, 0.3) is 0 Å². The fraction of sp³-hybridized carbons (Fsp3) is 0.500. The average molecular weight is 365 g/mol. The summed E-state index contributed by atoms with van der Waals surface area (Å²) in [6.45, 7) is 4.54. The maximum absolute atomic E-state index is 6.48. The summed E-state index contributed by atoms with van der Waals surface area (Å²) in [4.78, 5) is 4.20. The zero-order chi connectivity index (χ0) is 18.2. The minimum absolute atomic E-state index is 0.735. The topological polar surface area (TPSA) is 24.9 Å². The van der Waals surface area contributed by atoms with E-state index in [9.17, 15) is 0 Å². The Balaban J connectivity index is 1.96. The van der Waals surface area contributed by atoms with Crippen molar-refractivity contribution in [2.75, 3.05) is 39.3 Å². The van der Waals surface area contributed by atoms with Crippen molar-refractivity contribution in [1.29, 1.82) is 0 Å². The molecule has 0 unspecified atom stereocenters. The Hall–Kier alpha value is -1.81. The van der Waals surface area contributed by atoms with Crippen molar-refractivity contribution in [2.24, 2.45) is 0 Å². The molecule has 0 saturated carbocycles. The second kappa shape index (κ2) is 9.62. The normalized spacial score (nSPS) is 13.6. The molecule has 0 saturated heterocycles. The van der Waals surface area contributed by atoms with Crippen LogP contribution in [0.3, 0.4) is 0 Å². The lowest BCUT2D eigenvalue weighted by Crippen LogP contribution is -2.20. The fourth-order valence-corrected chi connectivity index (χ4v) is 2.94. The summed E-state index contributed by atoms with van der Waals surface area (Å²) in [5.74, 6) is 1.79. The Morgan fingerprint density at radius 1 is 1.24 bits per heavy atom. The number of nitrogens with zero attached hydrogens (tertiary/aromatic N) is 2. The summed E-state index contributed by atoms with van der Waals surface area (Å²) >= 11 is 6.48. The predicted molar refractivity (Wildman–Crippen MR) is 105 cm³/mol. The highest BCUT2D eigenvalue weighted by molar-refractivity contribution is 6.31. The molecule has 1 aromatic carbocycles. The molecule has 0 N–H and O–H groups in total. The second-order valence-corrected chi connectivity index (χ2v) is 6.82. The summed E-state index contributed by atoms with van der Waals surface area (Å²) in [7, 11) is 5.65. The van der Waals surface area contributed by atoms with Crippen LogP contribution in [0.5, 0.6) is 5.75 Å². The van der Waals surface area contributed by atoms with Gasteiger partial charge in [0, 0.05) is 38.4 Å². The van der Waals surface area contributed by atoms with Gasteiger partial charge in [0.2, 0.25) is 0 Å². The van der Waals surface area contributed by atoms with E-state index >= 15 is 0 Å². The second-order valence-electron chi connectivity index (χ2n) is 6.42. The molecule has 0 atom stereocenters. The summed E-state index contributed by atoms with van der Waals surface area (Å²) < 4.78 is 11.3. The standard InChI is InChI=1S/C20H29ClN2O2/c1-5-6-7-12-25-17-8-10-23(11-9-17)15-16-13-20(24-4)19(22(2)3)14-18(16)21/h8-10,13-14H,5-7,11-12,15H2,1-4H3. The van der Waals surface area contributed by atoms with Crippen molar-refractivity contribution in [2.45, 2.75) is 32.7 Å². The molecular weight excluding hydrogens is 336 g/mol. The van der Waals surface area contributed by atoms with Crippen molar-refractivity contribution < 1.29 is 9.47 Å². The molecule has 0 amide bonds. The third kappa shape index (κ3) is 5.60. The molecule has 1 aliphatic rings. The number of ether oxygens (including phenoxy) is 2. The lowest BCUT2D eigenvalue weighted by Gasteiger charge is -2.25. The number of hydrogen-bond donors (Lipinski definition) is 0. The number of anilines is 1. The average Bonchev–Trinajstić information content (AvgIpc) is 2.61. The minimum Gasteiger partial charge on any atom is -0.495 e. The van der Waals surface area contributed by atoms with E-state index in [1.807, 2.05) is 37.2 Å². The van der Waals surface area contributed by atoms with Gasteiger partial charge in [-0.15, -0.1) is 0 Å².